The van der Waals surface area contributed by atoms with Crippen molar-refractivity contribution in [3.8, 4) is 11.5 Å². The van der Waals surface area contributed by atoms with E-state index >= 15 is 0 Å². The minimum atomic E-state index is -0.231. The average molecular weight is 320 g/mol. The number of methoxy groups -OCH3 is 2. The molecule has 0 aliphatic carbocycles. The van der Waals surface area contributed by atoms with Crippen LogP contribution in [0.2, 0.25) is 0 Å². The maximum Gasteiger partial charge on any atom is 0.244 e. The Morgan fingerprint density at radius 2 is 1.61 bits per heavy atom. The molecular weight excluding hydrogens is 296 g/mol. The molecule has 1 rings (SSSR count). The Labute approximate surface area is 136 Å². The molecule has 23 heavy (non-hydrogen) atoms. The standard InChI is InChI=1S/C17H24N2O4/c1-12(2)17(21)19-8-7-18-16(20)6-5-13-9-14(22-3)11-15(10-13)23-4/h5-6,9-12H,7-8H2,1-4H3,(H,18,20)(H,19,21)/b6-5+. The summed E-state index contributed by atoms with van der Waals surface area (Å²) < 4.78 is 10.3. The lowest BCUT2D eigenvalue weighted by atomic mass is 10.2. The monoisotopic (exact) mass is 320 g/mol. The summed E-state index contributed by atoms with van der Waals surface area (Å²) >= 11 is 0. The van der Waals surface area contributed by atoms with Crippen LogP contribution >= 0.6 is 0 Å². The molecule has 0 aromatic heterocycles. The third kappa shape index (κ3) is 6.86. The first kappa shape index (κ1) is 18.5. The summed E-state index contributed by atoms with van der Waals surface area (Å²) in [5.41, 5.74) is 0.796. The van der Waals surface area contributed by atoms with Gasteiger partial charge in [0.05, 0.1) is 14.2 Å². The molecule has 0 aliphatic heterocycles. The molecule has 126 valence electrons. The van der Waals surface area contributed by atoms with E-state index in [-0.39, 0.29) is 17.7 Å². The second kappa shape index (κ2) is 9.50. The van der Waals surface area contributed by atoms with Gasteiger partial charge in [0.15, 0.2) is 0 Å². The van der Waals surface area contributed by atoms with Gasteiger partial charge in [-0.2, -0.15) is 0 Å². The normalized spacial score (nSPS) is 10.7. The van der Waals surface area contributed by atoms with E-state index in [4.69, 9.17) is 9.47 Å². The van der Waals surface area contributed by atoms with Crippen molar-refractivity contribution in [3.05, 3.63) is 29.8 Å². The zero-order valence-corrected chi connectivity index (χ0v) is 14.0. The number of amides is 2. The van der Waals surface area contributed by atoms with E-state index < -0.39 is 0 Å². The van der Waals surface area contributed by atoms with Gasteiger partial charge in [0.25, 0.3) is 0 Å². The summed E-state index contributed by atoms with van der Waals surface area (Å²) in [5.74, 6) is 0.985. The van der Waals surface area contributed by atoms with Gasteiger partial charge in [0.2, 0.25) is 11.8 Å². The Kier molecular flexibility index (Phi) is 7.66. The summed E-state index contributed by atoms with van der Waals surface area (Å²) in [6, 6.07) is 5.36. The third-order valence-electron chi connectivity index (χ3n) is 3.05. The lowest BCUT2D eigenvalue weighted by molar-refractivity contribution is -0.124. The van der Waals surface area contributed by atoms with Crippen LogP contribution in [-0.4, -0.2) is 39.1 Å². The fourth-order valence-corrected chi connectivity index (χ4v) is 1.73. The van der Waals surface area contributed by atoms with E-state index in [1.165, 1.54) is 6.08 Å². The van der Waals surface area contributed by atoms with Crippen LogP contribution < -0.4 is 20.1 Å². The van der Waals surface area contributed by atoms with Crippen LogP contribution in [0, 0.1) is 5.92 Å². The lowest BCUT2D eigenvalue weighted by Crippen LogP contribution is -2.35. The summed E-state index contributed by atoms with van der Waals surface area (Å²) in [7, 11) is 3.14. The molecule has 6 heteroatoms. The highest BCUT2D eigenvalue weighted by atomic mass is 16.5. The van der Waals surface area contributed by atoms with Gasteiger partial charge in [0.1, 0.15) is 11.5 Å². The Hall–Kier alpha value is -2.50. The number of hydrogen-bond acceptors (Lipinski definition) is 4. The van der Waals surface area contributed by atoms with Gasteiger partial charge in [-0.05, 0) is 23.8 Å². The smallest absolute Gasteiger partial charge is 0.244 e. The van der Waals surface area contributed by atoms with Gasteiger partial charge >= 0.3 is 0 Å². The molecule has 6 nitrogen and oxygen atoms in total. The Balaban J connectivity index is 2.47. The molecule has 0 fully saturated rings. The summed E-state index contributed by atoms with van der Waals surface area (Å²) in [6.45, 7) is 4.42. The van der Waals surface area contributed by atoms with Crippen molar-refractivity contribution in [1.29, 1.82) is 0 Å². The molecule has 0 saturated carbocycles. The van der Waals surface area contributed by atoms with Crippen LogP contribution in [-0.2, 0) is 9.59 Å². The number of carbonyl (C=O) groups excluding carboxylic acids is 2. The highest BCUT2D eigenvalue weighted by Gasteiger charge is 2.05. The number of carbonyl (C=O) groups is 2. The van der Waals surface area contributed by atoms with E-state index in [1.54, 1.807) is 38.5 Å². The molecular formula is C17H24N2O4. The van der Waals surface area contributed by atoms with Gasteiger partial charge in [-0.3, -0.25) is 9.59 Å². The summed E-state index contributed by atoms with van der Waals surface area (Å²) in [6.07, 6.45) is 3.10. The van der Waals surface area contributed by atoms with E-state index in [2.05, 4.69) is 10.6 Å². The number of ether oxygens (including phenoxy) is 2. The fourth-order valence-electron chi connectivity index (χ4n) is 1.73. The zero-order chi connectivity index (χ0) is 17.2. The molecule has 0 spiro atoms. The number of hydrogen-bond donors (Lipinski definition) is 2. The Morgan fingerprint density at radius 1 is 1.04 bits per heavy atom. The zero-order valence-electron chi connectivity index (χ0n) is 14.0. The van der Waals surface area contributed by atoms with E-state index in [0.717, 1.165) is 5.56 Å². The number of benzene rings is 1. The van der Waals surface area contributed by atoms with Crippen molar-refractivity contribution in [3.63, 3.8) is 0 Å². The third-order valence-corrected chi connectivity index (χ3v) is 3.05. The van der Waals surface area contributed by atoms with Crippen molar-refractivity contribution < 1.29 is 19.1 Å². The quantitative estimate of drug-likeness (QED) is 0.563. The molecule has 2 N–H and O–H groups in total. The number of nitrogens with one attached hydrogen (secondary N) is 2. The molecule has 0 bridgehead atoms. The predicted octanol–water partition coefficient (Wildman–Crippen LogP) is 1.61. The second-order valence-corrected chi connectivity index (χ2v) is 5.22. The van der Waals surface area contributed by atoms with E-state index in [9.17, 15) is 9.59 Å². The van der Waals surface area contributed by atoms with Crippen LogP contribution in [0.4, 0.5) is 0 Å². The molecule has 0 saturated heterocycles. The molecule has 0 unspecified atom stereocenters. The highest BCUT2D eigenvalue weighted by molar-refractivity contribution is 5.91. The minimum Gasteiger partial charge on any atom is -0.497 e. The first-order valence-corrected chi connectivity index (χ1v) is 7.43. The van der Waals surface area contributed by atoms with Gasteiger partial charge < -0.3 is 20.1 Å². The van der Waals surface area contributed by atoms with Crippen LogP contribution in [0.1, 0.15) is 19.4 Å². The van der Waals surface area contributed by atoms with Crippen LogP contribution in [0.3, 0.4) is 0 Å². The van der Waals surface area contributed by atoms with Crippen molar-refractivity contribution in [2.24, 2.45) is 5.92 Å². The maximum atomic E-state index is 11.7. The summed E-state index contributed by atoms with van der Waals surface area (Å²) in [4.78, 5) is 23.1. The maximum absolute atomic E-state index is 11.7. The Morgan fingerprint density at radius 3 is 2.13 bits per heavy atom. The SMILES string of the molecule is COc1cc(/C=C/C(=O)NCCNC(=O)C(C)C)cc(OC)c1. The molecule has 0 heterocycles. The first-order valence-electron chi connectivity index (χ1n) is 7.43. The molecule has 0 atom stereocenters. The van der Waals surface area contributed by atoms with Gasteiger partial charge in [-0.1, -0.05) is 13.8 Å². The van der Waals surface area contributed by atoms with Gasteiger partial charge in [-0.25, -0.2) is 0 Å². The predicted molar refractivity (Wildman–Crippen MR) is 89.4 cm³/mol. The highest BCUT2D eigenvalue weighted by Crippen LogP contribution is 2.23. The number of rotatable bonds is 8. The molecule has 0 radical (unpaired) electrons. The van der Waals surface area contributed by atoms with Crippen LogP contribution in [0.25, 0.3) is 6.08 Å². The van der Waals surface area contributed by atoms with Crippen LogP contribution in [0.5, 0.6) is 11.5 Å². The van der Waals surface area contributed by atoms with Crippen molar-refractivity contribution in [1.82, 2.24) is 10.6 Å². The van der Waals surface area contributed by atoms with Crippen molar-refractivity contribution in [2.45, 2.75) is 13.8 Å². The average Bonchev–Trinajstić information content (AvgIpc) is 2.55. The van der Waals surface area contributed by atoms with E-state index in [0.29, 0.717) is 24.6 Å². The first-order chi connectivity index (χ1) is 11.0. The van der Waals surface area contributed by atoms with Crippen LogP contribution in [0.15, 0.2) is 24.3 Å². The van der Waals surface area contributed by atoms with E-state index in [1.807, 2.05) is 13.8 Å². The molecule has 2 amide bonds. The molecule has 1 aromatic rings. The molecule has 0 aliphatic rings. The van der Waals surface area contributed by atoms with Gasteiger partial charge in [0, 0.05) is 31.1 Å². The van der Waals surface area contributed by atoms with Gasteiger partial charge in [-0.15, -0.1) is 0 Å². The Bertz CT molecular complexity index is 545. The summed E-state index contributed by atoms with van der Waals surface area (Å²) in [5, 5.41) is 5.43. The van der Waals surface area contributed by atoms with Crippen molar-refractivity contribution >= 4 is 17.9 Å². The second-order valence-electron chi connectivity index (χ2n) is 5.22. The fraction of sp³-hybridized carbons (Fsp3) is 0.412. The molecule has 1 aromatic carbocycles. The van der Waals surface area contributed by atoms with Crippen molar-refractivity contribution in [2.75, 3.05) is 27.3 Å². The largest absolute Gasteiger partial charge is 0.497 e. The lowest BCUT2D eigenvalue weighted by Gasteiger charge is -2.07. The topological polar surface area (TPSA) is 76.7 Å². The minimum absolute atomic E-state index is 0.0294.